The van der Waals surface area contributed by atoms with Crippen molar-refractivity contribution in [2.45, 2.75) is 32.8 Å². The van der Waals surface area contributed by atoms with Gasteiger partial charge in [0.1, 0.15) is 5.60 Å². The number of carbonyl (C=O) groups excluding carboxylic acids is 1. The van der Waals surface area contributed by atoms with E-state index in [-0.39, 0.29) is 12.7 Å². The summed E-state index contributed by atoms with van der Waals surface area (Å²) in [6.45, 7) is 8.48. The molecule has 1 fully saturated rings. The van der Waals surface area contributed by atoms with Crippen LogP contribution in [0.15, 0.2) is 24.3 Å². The molecule has 1 aliphatic rings. The minimum atomic E-state index is -3.39. The molecular formula is C18H28N2O5S. The molecule has 8 heteroatoms. The third-order valence-corrected chi connectivity index (χ3v) is 4.52. The van der Waals surface area contributed by atoms with E-state index in [1.807, 2.05) is 45.0 Å². The number of rotatable bonds is 5. The van der Waals surface area contributed by atoms with Crippen molar-refractivity contribution in [2.24, 2.45) is 0 Å². The van der Waals surface area contributed by atoms with Crippen molar-refractivity contribution in [3.05, 3.63) is 29.8 Å². The van der Waals surface area contributed by atoms with Gasteiger partial charge in [-0.05, 0) is 44.9 Å². The molecule has 1 aromatic carbocycles. The molecule has 0 N–H and O–H groups in total. The second-order valence-corrected chi connectivity index (χ2v) is 9.04. The molecule has 0 radical (unpaired) electrons. The summed E-state index contributed by atoms with van der Waals surface area (Å²) in [6.07, 6.45) is 1.32. The molecule has 2 rings (SSSR count). The molecule has 1 amide bonds. The molecule has 1 heterocycles. The highest BCUT2D eigenvalue weighted by atomic mass is 32.2. The smallest absolute Gasteiger partial charge is 0.410 e. The number of ether oxygens (including phenoxy) is 1. The van der Waals surface area contributed by atoms with Gasteiger partial charge in [-0.25, -0.2) is 4.79 Å². The number of nitrogens with zero attached hydrogens (tertiary/aromatic N) is 2. The fourth-order valence-electron chi connectivity index (χ4n) is 2.66. The van der Waals surface area contributed by atoms with E-state index in [1.54, 1.807) is 4.90 Å². The van der Waals surface area contributed by atoms with Crippen molar-refractivity contribution >= 4 is 21.9 Å². The molecule has 0 unspecified atom stereocenters. The standard InChI is InChI=1S/C18H28N2O5S/c1-18(2,3)25-17(21)20-12-10-19(11-13-20)16-7-5-15(6-8-16)9-14-24-26(4,22)23/h5-8H,9-14H2,1-4H3. The Hall–Kier alpha value is -1.80. The van der Waals surface area contributed by atoms with Gasteiger partial charge in [-0.15, -0.1) is 0 Å². The normalized spacial score (nSPS) is 15.8. The van der Waals surface area contributed by atoms with Crippen molar-refractivity contribution in [1.29, 1.82) is 0 Å². The van der Waals surface area contributed by atoms with Gasteiger partial charge in [0.25, 0.3) is 10.1 Å². The van der Waals surface area contributed by atoms with Gasteiger partial charge in [0, 0.05) is 31.9 Å². The number of anilines is 1. The number of benzene rings is 1. The summed E-state index contributed by atoms with van der Waals surface area (Å²) in [5, 5.41) is 0. The van der Waals surface area contributed by atoms with Gasteiger partial charge in [-0.3, -0.25) is 4.18 Å². The Morgan fingerprint density at radius 3 is 2.15 bits per heavy atom. The van der Waals surface area contributed by atoms with Crippen LogP contribution in [-0.4, -0.2) is 64.1 Å². The lowest BCUT2D eigenvalue weighted by Crippen LogP contribution is -2.50. The predicted octanol–water partition coefficient (Wildman–Crippen LogP) is 2.26. The minimum Gasteiger partial charge on any atom is -0.444 e. The molecule has 7 nitrogen and oxygen atoms in total. The highest BCUT2D eigenvalue weighted by Crippen LogP contribution is 2.19. The van der Waals surface area contributed by atoms with Crippen LogP contribution in [-0.2, 0) is 25.5 Å². The zero-order valence-electron chi connectivity index (χ0n) is 15.9. The molecule has 0 aliphatic carbocycles. The van der Waals surface area contributed by atoms with Crippen molar-refractivity contribution < 1.29 is 22.1 Å². The predicted molar refractivity (Wildman–Crippen MR) is 101 cm³/mol. The van der Waals surface area contributed by atoms with Crippen LogP contribution in [0.25, 0.3) is 0 Å². The second-order valence-electron chi connectivity index (χ2n) is 7.40. The van der Waals surface area contributed by atoms with E-state index in [0.29, 0.717) is 19.5 Å². The van der Waals surface area contributed by atoms with Crippen molar-refractivity contribution in [2.75, 3.05) is 43.9 Å². The highest BCUT2D eigenvalue weighted by Gasteiger charge is 2.25. The SMILES string of the molecule is CC(C)(C)OC(=O)N1CCN(c2ccc(CCOS(C)(=O)=O)cc2)CC1. The molecule has 1 saturated heterocycles. The molecule has 1 aliphatic heterocycles. The zero-order valence-corrected chi connectivity index (χ0v) is 16.7. The van der Waals surface area contributed by atoms with Crippen LogP contribution in [0.5, 0.6) is 0 Å². The molecule has 26 heavy (non-hydrogen) atoms. The van der Waals surface area contributed by atoms with Crippen LogP contribution in [0, 0.1) is 0 Å². The maximum absolute atomic E-state index is 12.1. The van der Waals surface area contributed by atoms with Crippen molar-refractivity contribution in [3.8, 4) is 0 Å². The zero-order chi connectivity index (χ0) is 19.4. The third-order valence-electron chi connectivity index (χ3n) is 3.92. The Bertz CT molecular complexity index is 702. The van der Waals surface area contributed by atoms with E-state index in [4.69, 9.17) is 8.92 Å². The van der Waals surface area contributed by atoms with E-state index in [9.17, 15) is 13.2 Å². The summed E-state index contributed by atoms with van der Waals surface area (Å²) < 4.78 is 32.1. The lowest BCUT2D eigenvalue weighted by molar-refractivity contribution is 0.0240. The van der Waals surface area contributed by atoms with Gasteiger partial charge < -0.3 is 14.5 Å². The van der Waals surface area contributed by atoms with Gasteiger partial charge in [-0.1, -0.05) is 12.1 Å². The highest BCUT2D eigenvalue weighted by molar-refractivity contribution is 7.85. The van der Waals surface area contributed by atoms with E-state index in [2.05, 4.69) is 4.90 Å². The Morgan fingerprint density at radius 1 is 1.08 bits per heavy atom. The summed E-state index contributed by atoms with van der Waals surface area (Å²) in [5.41, 5.74) is 1.62. The number of hydrogen-bond donors (Lipinski definition) is 0. The largest absolute Gasteiger partial charge is 0.444 e. The van der Waals surface area contributed by atoms with Crippen LogP contribution < -0.4 is 4.90 Å². The van der Waals surface area contributed by atoms with Crippen LogP contribution in [0.1, 0.15) is 26.3 Å². The fourth-order valence-corrected chi connectivity index (χ4v) is 3.04. The summed E-state index contributed by atoms with van der Waals surface area (Å²) in [4.78, 5) is 16.1. The molecule has 1 aromatic rings. The molecule has 0 bridgehead atoms. The van der Waals surface area contributed by atoms with E-state index < -0.39 is 15.7 Å². The first-order valence-corrected chi connectivity index (χ1v) is 10.5. The molecule has 0 atom stereocenters. The Morgan fingerprint density at radius 2 is 1.65 bits per heavy atom. The molecule has 0 aromatic heterocycles. The van der Waals surface area contributed by atoms with E-state index in [0.717, 1.165) is 30.6 Å². The Labute approximate surface area is 156 Å². The van der Waals surface area contributed by atoms with Gasteiger partial charge in [0.15, 0.2) is 0 Å². The van der Waals surface area contributed by atoms with Crippen LogP contribution in [0.3, 0.4) is 0 Å². The third kappa shape index (κ3) is 6.84. The maximum atomic E-state index is 12.1. The number of carbonyl (C=O) groups is 1. The van der Waals surface area contributed by atoms with Crippen LogP contribution >= 0.6 is 0 Å². The Kier molecular flexibility index (Phi) is 6.52. The monoisotopic (exact) mass is 384 g/mol. The first-order valence-electron chi connectivity index (χ1n) is 8.70. The van der Waals surface area contributed by atoms with Crippen LogP contribution in [0.2, 0.25) is 0 Å². The van der Waals surface area contributed by atoms with Crippen molar-refractivity contribution in [1.82, 2.24) is 4.90 Å². The van der Waals surface area contributed by atoms with Crippen molar-refractivity contribution in [3.63, 3.8) is 0 Å². The number of amides is 1. The van der Waals surface area contributed by atoms with Gasteiger partial charge in [0.05, 0.1) is 12.9 Å². The average Bonchev–Trinajstić information content (AvgIpc) is 2.53. The quantitative estimate of drug-likeness (QED) is 0.725. The first-order chi connectivity index (χ1) is 12.0. The van der Waals surface area contributed by atoms with E-state index in [1.165, 1.54) is 0 Å². The second kappa shape index (κ2) is 8.26. The maximum Gasteiger partial charge on any atom is 0.410 e. The number of piperazine rings is 1. The van der Waals surface area contributed by atoms with Gasteiger partial charge in [0.2, 0.25) is 0 Å². The summed E-state index contributed by atoms with van der Waals surface area (Å²) in [5.74, 6) is 0. The molecule has 0 spiro atoms. The van der Waals surface area contributed by atoms with E-state index >= 15 is 0 Å². The van der Waals surface area contributed by atoms with Crippen LogP contribution in [0.4, 0.5) is 10.5 Å². The Balaban J connectivity index is 1.83. The first kappa shape index (κ1) is 20.5. The lowest BCUT2D eigenvalue weighted by Gasteiger charge is -2.36. The summed E-state index contributed by atoms with van der Waals surface area (Å²) in [6, 6.07) is 7.97. The lowest BCUT2D eigenvalue weighted by atomic mass is 10.1. The fraction of sp³-hybridized carbons (Fsp3) is 0.611. The number of hydrogen-bond acceptors (Lipinski definition) is 6. The van der Waals surface area contributed by atoms with Gasteiger partial charge in [-0.2, -0.15) is 8.42 Å². The topological polar surface area (TPSA) is 76.2 Å². The summed E-state index contributed by atoms with van der Waals surface area (Å²) >= 11 is 0. The molecular weight excluding hydrogens is 356 g/mol. The summed E-state index contributed by atoms with van der Waals surface area (Å²) in [7, 11) is -3.39. The minimum absolute atomic E-state index is 0.146. The molecule has 146 valence electrons. The van der Waals surface area contributed by atoms with Gasteiger partial charge >= 0.3 is 6.09 Å². The molecule has 0 saturated carbocycles. The average molecular weight is 384 g/mol.